The average Bonchev–Trinajstić information content (AvgIpc) is 3.19. The number of fused-ring (bicyclic) bond motifs is 1. The van der Waals surface area contributed by atoms with Gasteiger partial charge in [0.25, 0.3) is 0 Å². The van der Waals surface area contributed by atoms with Crippen LogP contribution >= 0.6 is 0 Å². The molecule has 2 aromatic rings. The van der Waals surface area contributed by atoms with Gasteiger partial charge in [-0.3, -0.25) is 19.7 Å². The maximum atomic E-state index is 13.2. The second-order valence-corrected chi connectivity index (χ2v) is 6.87. The van der Waals surface area contributed by atoms with Gasteiger partial charge in [-0.2, -0.15) is 0 Å². The van der Waals surface area contributed by atoms with Gasteiger partial charge < -0.3 is 20.4 Å². The van der Waals surface area contributed by atoms with Crippen molar-refractivity contribution < 1.29 is 39.2 Å². The zero-order valence-corrected chi connectivity index (χ0v) is 14.6. The van der Waals surface area contributed by atoms with Crippen LogP contribution in [0.5, 0.6) is 17.2 Å². The standard InChI is InChI=1S/C19H15FN2O7/c20-7-1-3-8(4-2-7)22-17(26)11-12(18(22)27)14(19(28)29)21-13(11)9-5-6-10(23)16(25)15(9)24/h1-6,11-14,21,23-25H,(H,28,29)/t11-,12+,13+,14+/m0/s1. The second kappa shape index (κ2) is 6.45. The summed E-state index contributed by atoms with van der Waals surface area (Å²) in [4.78, 5) is 38.5. The highest BCUT2D eigenvalue weighted by molar-refractivity contribution is 6.23. The van der Waals surface area contributed by atoms with E-state index >= 15 is 0 Å². The minimum atomic E-state index is -1.43. The molecule has 0 unspecified atom stereocenters. The highest BCUT2D eigenvalue weighted by atomic mass is 19.1. The summed E-state index contributed by atoms with van der Waals surface area (Å²) in [6.45, 7) is 0. The van der Waals surface area contributed by atoms with E-state index in [1.807, 2.05) is 0 Å². The summed E-state index contributed by atoms with van der Waals surface area (Å²) in [5.41, 5.74) is 0.0534. The Labute approximate surface area is 162 Å². The molecule has 2 heterocycles. The lowest BCUT2D eigenvalue weighted by atomic mass is 9.86. The number of imide groups is 1. The largest absolute Gasteiger partial charge is 0.504 e. The van der Waals surface area contributed by atoms with Gasteiger partial charge in [-0.25, -0.2) is 9.29 Å². The molecular formula is C19H15FN2O7. The highest BCUT2D eigenvalue weighted by Crippen LogP contribution is 2.49. The number of aromatic hydroxyl groups is 3. The number of carbonyl (C=O) groups is 3. The second-order valence-electron chi connectivity index (χ2n) is 6.87. The van der Waals surface area contributed by atoms with Crippen molar-refractivity contribution in [2.75, 3.05) is 4.90 Å². The first-order valence-corrected chi connectivity index (χ1v) is 8.58. The zero-order valence-electron chi connectivity index (χ0n) is 14.6. The lowest BCUT2D eigenvalue weighted by molar-refractivity contribution is -0.142. The van der Waals surface area contributed by atoms with Crippen LogP contribution in [0.4, 0.5) is 10.1 Å². The van der Waals surface area contributed by atoms with Crippen molar-refractivity contribution in [1.29, 1.82) is 0 Å². The summed E-state index contributed by atoms with van der Waals surface area (Å²) >= 11 is 0. The Morgan fingerprint density at radius 1 is 0.931 bits per heavy atom. The normalized spacial score (nSPS) is 26.0. The fourth-order valence-corrected chi connectivity index (χ4v) is 4.00. The molecule has 0 bridgehead atoms. The van der Waals surface area contributed by atoms with Crippen molar-refractivity contribution >= 4 is 23.5 Å². The van der Waals surface area contributed by atoms with Crippen LogP contribution in [0.25, 0.3) is 0 Å². The van der Waals surface area contributed by atoms with Gasteiger partial charge in [-0.1, -0.05) is 0 Å². The van der Waals surface area contributed by atoms with Crippen molar-refractivity contribution in [3.8, 4) is 17.2 Å². The molecule has 10 heteroatoms. The van der Waals surface area contributed by atoms with E-state index in [1.54, 1.807) is 0 Å². The van der Waals surface area contributed by atoms with E-state index in [-0.39, 0.29) is 11.3 Å². The molecule has 2 fully saturated rings. The van der Waals surface area contributed by atoms with Crippen LogP contribution in [0.2, 0.25) is 0 Å². The summed E-state index contributed by atoms with van der Waals surface area (Å²) in [6, 6.07) is 4.35. The van der Waals surface area contributed by atoms with E-state index in [0.717, 1.165) is 23.1 Å². The van der Waals surface area contributed by atoms with Crippen molar-refractivity contribution in [3.63, 3.8) is 0 Å². The molecule has 0 radical (unpaired) electrons. The topological polar surface area (TPSA) is 147 Å². The van der Waals surface area contributed by atoms with Gasteiger partial charge in [0.1, 0.15) is 11.9 Å². The quantitative estimate of drug-likeness (QED) is 0.375. The number of anilines is 1. The van der Waals surface area contributed by atoms with Gasteiger partial charge in [0.2, 0.25) is 17.6 Å². The van der Waals surface area contributed by atoms with Crippen molar-refractivity contribution in [2.24, 2.45) is 11.8 Å². The van der Waals surface area contributed by atoms with Crippen LogP contribution in [-0.2, 0) is 14.4 Å². The molecule has 0 aromatic heterocycles. The number of carboxylic acid groups (broad SMARTS) is 1. The maximum Gasteiger partial charge on any atom is 0.321 e. The lowest BCUT2D eigenvalue weighted by Gasteiger charge is -2.22. The Morgan fingerprint density at radius 2 is 1.55 bits per heavy atom. The van der Waals surface area contributed by atoms with Gasteiger partial charge in [-0.15, -0.1) is 0 Å². The molecule has 0 spiro atoms. The molecule has 4 rings (SSSR count). The Hall–Kier alpha value is -3.66. The number of amides is 2. The molecule has 150 valence electrons. The minimum absolute atomic E-state index is 0.0406. The summed E-state index contributed by atoms with van der Waals surface area (Å²) < 4.78 is 13.2. The number of phenols is 3. The molecule has 2 aromatic carbocycles. The van der Waals surface area contributed by atoms with Crippen molar-refractivity contribution in [1.82, 2.24) is 5.32 Å². The summed E-state index contributed by atoms with van der Waals surface area (Å²) in [5, 5.41) is 41.7. The van der Waals surface area contributed by atoms with Crippen LogP contribution in [-0.4, -0.2) is 44.3 Å². The molecule has 29 heavy (non-hydrogen) atoms. The lowest BCUT2D eigenvalue weighted by Crippen LogP contribution is -2.43. The third-order valence-corrected chi connectivity index (χ3v) is 5.32. The number of hydrogen-bond acceptors (Lipinski definition) is 7. The smallest absolute Gasteiger partial charge is 0.321 e. The van der Waals surface area contributed by atoms with Crippen molar-refractivity contribution in [3.05, 3.63) is 47.8 Å². The van der Waals surface area contributed by atoms with Crippen molar-refractivity contribution in [2.45, 2.75) is 12.1 Å². The van der Waals surface area contributed by atoms with Crippen LogP contribution < -0.4 is 10.2 Å². The number of rotatable bonds is 3. The molecule has 2 saturated heterocycles. The first kappa shape index (κ1) is 18.7. The minimum Gasteiger partial charge on any atom is -0.504 e. The Balaban J connectivity index is 1.81. The number of nitrogens with zero attached hydrogens (tertiary/aromatic N) is 1. The number of nitrogens with one attached hydrogen (secondary N) is 1. The summed E-state index contributed by atoms with van der Waals surface area (Å²) in [5.74, 6) is -8.05. The predicted molar refractivity (Wildman–Crippen MR) is 94.6 cm³/mol. The molecule has 4 atom stereocenters. The average molecular weight is 402 g/mol. The Bertz CT molecular complexity index is 1040. The molecule has 0 saturated carbocycles. The Morgan fingerprint density at radius 3 is 2.17 bits per heavy atom. The molecule has 2 amide bonds. The van der Waals surface area contributed by atoms with Crippen LogP contribution in [0, 0.1) is 17.7 Å². The monoisotopic (exact) mass is 402 g/mol. The fourth-order valence-electron chi connectivity index (χ4n) is 4.00. The first-order valence-electron chi connectivity index (χ1n) is 8.58. The number of aliphatic carboxylic acids is 1. The van der Waals surface area contributed by atoms with E-state index in [0.29, 0.717) is 0 Å². The van der Waals surface area contributed by atoms with Gasteiger partial charge in [0, 0.05) is 11.6 Å². The van der Waals surface area contributed by atoms with Gasteiger partial charge >= 0.3 is 5.97 Å². The number of benzene rings is 2. The molecule has 2 aliphatic heterocycles. The van der Waals surface area contributed by atoms with E-state index in [9.17, 15) is 39.2 Å². The van der Waals surface area contributed by atoms with Crippen LogP contribution in [0.3, 0.4) is 0 Å². The van der Waals surface area contributed by atoms with Crippen LogP contribution in [0.1, 0.15) is 11.6 Å². The molecule has 9 nitrogen and oxygen atoms in total. The number of carboxylic acids is 1. The number of phenolic OH excluding ortho intramolecular Hbond substituents is 3. The SMILES string of the molecule is O=C(O)[C@@H]1N[C@H](c2ccc(O)c(O)c2O)[C@H]2C(=O)N(c3ccc(F)cc3)C(=O)[C@H]21. The zero-order chi connectivity index (χ0) is 21.0. The first-order chi connectivity index (χ1) is 13.7. The summed E-state index contributed by atoms with van der Waals surface area (Å²) in [7, 11) is 0. The highest BCUT2D eigenvalue weighted by Gasteiger charge is 2.61. The van der Waals surface area contributed by atoms with Gasteiger partial charge in [-0.05, 0) is 36.4 Å². The Kier molecular flexibility index (Phi) is 4.16. The number of halogens is 1. The molecule has 2 aliphatic rings. The third kappa shape index (κ3) is 2.68. The predicted octanol–water partition coefficient (Wildman–Crippen LogP) is 0.846. The molecule has 5 N–H and O–H groups in total. The number of carbonyl (C=O) groups excluding carboxylic acids is 2. The number of hydrogen-bond donors (Lipinski definition) is 5. The van der Waals surface area contributed by atoms with E-state index in [4.69, 9.17) is 0 Å². The third-order valence-electron chi connectivity index (χ3n) is 5.32. The summed E-state index contributed by atoms with van der Waals surface area (Å²) in [6.07, 6.45) is 0. The van der Waals surface area contributed by atoms with E-state index < -0.39 is 64.8 Å². The molecular weight excluding hydrogens is 387 g/mol. The van der Waals surface area contributed by atoms with Gasteiger partial charge in [0.05, 0.1) is 17.5 Å². The fraction of sp³-hybridized carbons (Fsp3) is 0.211. The van der Waals surface area contributed by atoms with Gasteiger partial charge in [0.15, 0.2) is 11.5 Å². The maximum absolute atomic E-state index is 13.2. The van der Waals surface area contributed by atoms with E-state index in [2.05, 4.69) is 5.32 Å². The van der Waals surface area contributed by atoms with Crippen LogP contribution in [0.15, 0.2) is 36.4 Å². The van der Waals surface area contributed by atoms with E-state index in [1.165, 1.54) is 18.2 Å². The molecule has 0 aliphatic carbocycles.